The van der Waals surface area contributed by atoms with E-state index in [9.17, 15) is 14.9 Å². The summed E-state index contributed by atoms with van der Waals surface area (Å²) in [4.78, 5) is 24.7. The van der Waals surface area contributed by atoms with Crippen molar-refractivity contribution in [2.45, 2.75) is 0 Å². The van der Waals surface area contributed by atoms with E-state index in [1.54, 1.807) is 18.2 Å². The molecule has 2 rings (SSSR count). The van der Waals surface area contributed by atoms with Crippen LogP contribution in [-0.4, -0.2) is 21.0 Å². The monoisotopic (exact) mass is 416 g/mol. The second kappa shape index (κ2) is 6.19. The first-order chi connectivity index (χ1) is 9.88. The molecule has 0 amide bonds. The number of pyridine rings is 1. The molecule has 0 atom stereocenters. The first kappa shape index (κ1) is 15.4. The van der Waals surface area contributed by atoms with E-state index in [0.29, 0.717) is 10.2 Å². The van der Waals surface area contributed by atoms with Gasteiger partial charge in [0, 0.05) is 10.5 Å². The number of nitro groups is 1. The number of hydrogen-bond donors (Lipinski definition) is 1. The smallest absolute Gasteiger partial charge is 0.342 e. The van der Waals surface area contributed by atoms with Crippen LogP contribution in [0.4, 0.5) is 5.69 Å². The number of aromatic carboxylic acids is 1. The lowest BCUT2D eigenvalue weighted by molar-refractivity contribution is -0.385. The summed E-state index contributed by atoms with van der Waals surface area (Å²) < 4.78 is 6.87. The molecule has 2 aromatic rings. The van der Waals surface area contributed by atoms with Crippen LogP contribution in [-0.2, 0) is 0 Å². The fourth-order valence-corrected chi connectivity index (χ4v) is 2.60. The molecule has 1 aromatic carbocycles. The van der Waals surface area contributed by atoms with Crippen molar-refractivity contribution in [3.05, 3.63) is 55.1 Å². The van der Waals surface area contributed by atoms with Crippen LogP contribution in [0.3, 0.4) is 0 Å². The molecule has 0 aliphatic heterocycles. The molecule has 0 saturated carbocycles. The van der Waals surface area contributed by atoms with E-state index in [0.717, 1.165) is 16.7 Å². The number of carbonyl (C=O) groups is 1. The van der Waals surface area contributed by atoms with Gasteiger partial charge in [-0.2, -0.15) is 0 Å². The Kier molecular flexibility index (Phi) is 4.53. The van der Waals surface area contributed by atoms with Crippen molar-refractivity contribution in [1.82, 2.24) is 4.98 Å². The second-order valence-corrected chi connectivity index (χ2v) is 5.55. The Balaban J connectivity index is 2.39. The Hall–Kier alpha value is -2.00. The molecule has 1 N–H and O–H groups in total. The first-order valence-corrected chi connectivity index (χ1v) is 6.97. The molecule has 21 heavy (non-hydrogen) atoms. The number of carboxylic acid groups (broad SMARTS) is 1. The molecule has 1 aromatic heterocycles. The molecular formula is C12H6Br2N2O5. The van der Waals surface area contributed by atoms with Crippen LogP contribution in [0.15, 0.2) is 39.4 Å². The van der Waals surface area contributed by atoms with Gasteiger partial charge in [0.2, 0.25) is 5.88 Å². The van der Waals surface area contributed by atoms with Gasteiger partial charge in [0.05, 0.1) is 9.40 Å². The molecule has 9 heteroatoms. The van der Waals surface area contributed by atoms with Crippen LogP contribution < -0.4 is 4.74 Å². The lowest BCUT2D eigenvalue weighted by Gasteiger charge is -2.07. The number of benzene rings is 1. The number of nitrogens with zero attached hydrogens (tertiary/aromatic N) is 2. The van der Waals surface area contributed by atoms with Crippen LogP contribution in [0.25, 0.3) is 0 Å². The molecule has 0 saturated heterocycles. The van der Waals surface area contributed by atoms with Gasteiger partial charge in [-0.05, 0) is 34.1 Å². The Morgan fingerprint density at radius 2 is 2.05 bits per heavy atom. The van der Waals surface area contributed by atoms with Gasteiger partial charge in [-0.1, -0.05) is 15.9 Å². The molecule has 0 aliphatic rings. The summed E-state index contributed by atoms with van der Waals surface area (Å²) in [6, 6.07) is 6.11. The Labute approximate surface area is 135 Å². The highest BCUT2D eigenvalue weighted by Crippen LogP contribution is 2.32. The molecule has 0 aliphatic carbocycles. The second-order valence-electron chi connectivity index (χ2n) is 3.78. The molecule has 1 heterocycles. The maximum Gasteiger partial charge on any atom is 0.342 e. The van der Waals surface area contributed by atoms with E-state index >= 15 is 0 Å². The largest absolute Gasteiger partial charge is 0.477 e. The number of ether oxygens (including phenoxy) is 1. The van der Waals surface area contributed by atoms with E-state index < -0.39 is 22.1 Å². The van der Waals surface area contributed by atoms with Crippen LogP contribution in [0.1, 0.15) is 10.4 Å². The van der Waals surface area contributed by atoms with E-state index in [2.05, 4.69) is 36.8 Å². The van der Waals surface area contributed by atoms with Gasteiger partial charge in [-0.3, -0.25) is 10.1 Å². The average molecular weight is 418 g/mol. The standard InChI is InChI=1S/C12H6Br2N2O5/c13-6-1-2-10(8(14)3-6)21-11-4-7(12(17)18)9(5-15-11)16(19)20/h1-5H,(H,17,18). The van der Waals surface area contributed by atoms with Crippen molar-refractivity contribution in [2.75, 3.05) is 0 Å². The summed E-state index contributed by atoms with van der Waals surface area (Å²) in [5, 5.41) is 19.7. The van der Waals surface area contributed by atoms with E-state index in [1.165, 1.54) is 0 Å². The predicted octanol–water partition coefficient (Wildman–Crippen LogP) is 4.01. The van der Waals surface area contributed by atoms with Gasteiger partial charge < -0.3 is 9.84 Å². The third-order valence-corrected chi connectivity index (χ3v) is 3.51. The van der Waals surface area contributed by atoms with Gasteiger partial charge >= 0.3 is 11.7 Å². The molecular weight excluding hydrogens is 412 g/mol. The van der Waals surface area contributed by atoms with Gasteiger partial charge in [0.15, 0.2) is 0 Å². The molecule has 0 bridgehead atoms. The van der Waals surface area contributed by atoms with E-state index in [1.807, 2.05) is 0 Å². The summed E-state index contributed by atoms with van der Waals surface area (Å²) in [7, 11) is 0. The maximum atomic E-state index is 11.0. The van der Waals surface area contributed by atoms with Crippen LogP contribution in [0.2, 0.25) is 0 Å². The molecule has 0 spiro atoms. The number of hydrogen-bond acceptors (Lipinski definition) is 5. The summed E-state index contributed by atoms with van der Waals surface area (Å²) in [5.74, 6) is -1.08. The van der Waals surface area contributed by atoms with Crippen molar-refractivity contribution in [2.24, 2.45) is 0 Å². The lowest BCUT2D eigenvalue weighted by Crippen LogP contribution is -2.04. The molecule has 108 valence electrons. The average Bonchev–Trinajstić information content (AvgIpc) is 2.41. The van der Waals surface area contributed by atoms with Crippen LogP contribution >= 0.6 is 31.9 Å². The zero-order valence-electron chi connectivity index (χ0n) is 10.1. The zero-order valence-corrected chi connectivity index (χ0v) is 13.3. The highest BCUT2D eigenvalue weighted by molar-refractivity contribution is 9.11. The highest BCUT2D eigenvalue weighted by atomic mass is 79.9. The van der Waals surface area contributed by atoms with Crippen molar-refractivity contribution >= 4 is 43.5 Å². The minimum atomic E-state index is -1.43. The van der Waals surface area contributed by atoms with E-state index in [-0.39, 0.29) is 5.88 Å². The maximum absolute atomic E-state index is 11.0. The van der Waals surface area contributed by atoms with Gasteiger partial charge in [0.25, 0.3) is 0 Å². The summed E-state index contributed by atoms with van der Waals surface area (Å²) >= 11 is 6.57. The fraction of sp³-hybridized carbons (Fsp3) is 0. The predicted molar refractivity (Wildman–Crippen MR) is 79.8 cm³/mol. The van der Waals surface area contributed by atoms with Gasteiger partial charge in [0.1, 0.15) is 17.5 Å². The number of rotatable bonds is 4. The number of halogens is 2. The van der Waals surface area contributed by atoms with Crippen molar-refractivity contribution in [1.29, 1.82) is 0 Å². The first-order valence-electron chi connectivity index (χ1n) is 5.39. The molecule has 0 radical (unpaired) electrons. The Bertz CT molecular complexity index is 736. The molecule has 0 fully saturated rings. The third-order valence-electron chi connectivity index (χ3n) is 2.39. The Morgan fingerprint density at radius 3 is 2.62 bits per heavy atom. The summed E-state index contributed by atoms with van der Waals surface area (Å²) in [5.41, 5.74) is -1.08. The zero-order chi connectivity index (χ0) is 15.6. The molecule has 7 nitrogen and oxygen atoms in total. The summed E-state index contributed by atoms with van der Waals surface area (Å²) in [6.07, 6.45) is 0.853. The minimum Gasteiger partial charge on any atom is -0.477 e. The van der Waals surface area contributed by atoms with Crippen molar-refractivity contribution < 1.29 is 19.6 Å². The van der Waals surface area contributed by atoms with Crippen molar-refractivity contribution in [3.63, 3.8) is 0 Å². The third kappa shape index (κ3) is 3.56. The van der Waals surface area contributed by atoms with E-state index in [4.69, 9.17) is 9.84 Å². The quantitative estimate of drug-likeness (QED) is 0.595. The fourth-order valence-electron chi connectivity index (χ4n) is 1.47. The summed E-state index contributed by atoms with van der Waals surface area (Å²) in [6.45, 7) is 0. The highest BCUT2D eigenvalue weighted by Gasteiger charge is 2.22. The molecule has 0 unspecified atom stereocenters. The van der Waals surface area contributed by atoms with Gasteiger partial charge in [-0.25, -0.2) is 9.78 Å². The van der Waals surface area contributed by atoms with Crippen LogP contribution in [0, 0.1) is 10.1 Å². The minimum absolute atomic E-state index is 0.0546. The lowest BCUT2D eigenvalue weighted by atomic mass is 10.2. The normalized spacial score (nSPS) is 10.2. The SMILES string of the molecule is O=C(O)c1cc(Oc2ccc(Br)cc2Br)ncc1[N+](=O)[O-]. The topological polar surface area (TPSA) is 103 Å². The van der Waals surface area contributed by atoms with Crippen LogP contribution in [0.5, 0.6) is 11.6 Å². The Morgan fingerprint density at radius 1 is 1.33 bits per heavy atom. The van der Waals surface area contributed by atoms with Crippen molar-refractivity contribution in [3.8, 4) is 11.6 Å². The number of carboxylic acids is 1. The number of aromatic nitrogens is 1. The van der Waals surface area contributed by atoms with Gasteiger partial charge in [-0.15, -0.1) is 0 Å².